The second kappa shape index (κ2) is 12.3. The fraction of sp³-hybridized carbons (Fsp3) is 0.233. The quantitative estimate of drug-likeness (QED) is 0.216. The van der Waals surface area contributed by atoms with Crippen molar-refractivity contribution in [3.63, 3.8) is 0 Å². The second-order valence-corrected chi connectivity index (χ2v) is 9.62. The predicted octanol–water partition coefficient (Wildman–Crippen LogP) is 6.42. The van der Waals surface area contributed by atoms with E-state index in [0.717, 1.165) is 16.7 Å². The zero-order valence-electron chi connectivity index (χ0n) is 22.8. The number of fused-ring (bicyclic) bond motifs is 1. The van der Waals surface area contributed by atoms with Crippen molar-refractivity contribution >= 4 is 22.8 Å². The third-order valence-electron chi connectivity index (χ3n) is 6.76. The Hall–Kier alpha value is -4.68. The molecule has 1 aromatic heterocycles. The van der Waals surface area contributed by atoms with Crippen molar-refractivity contribution in [2.24, 2.45) is 7.05 Å². The van der Waals surface area contributed by atoms with Gasteiger partial charge < -0.3 is 15.0 Å². The number of hydrogen-bond donors (Lipinski definition) is 2. The standard InChI is InChI=1S/C30H25F7N2O4/c1-5-17(14-19-25(30(35,36)37)18-10-6-7-12-22(18)39(4)27(19)41)24(29(32,33)34)16(3)13-21(28(42)43)38-26(40)23-15(2)9-8-11-20(23)31/h5-12,21H,1,3,13-14H2,2,4H3,(H,38,40)(H,42,43)/b24-17-/t21-/m0/s1. The normalized spacial score (nSPS) is 13.3. The minimum atomic E-state index is -5.30. The summed E-state index contributed by atoms with van der Waals surface area (Å²) in [5.41, 5.74) is -7.53. The number of allylic oxidation sites excluding steroid dienone is 3. The lowest BCUT2D eigenvalue weighted by Crippen LogP contribution is -2.42. The van der Waals surface area contributed by atoms with Gasteiger partial charge in [-0.05, 0) is 35.8 Å². The molecule has 1 amide bonds. The van der Waals surface area contributed by atoms with Gasteiger partial charge in [-0.2, -0.15) is 26.3 Å². The van der Waals surface area contributed by atoms with Gasteiger partial charge in [0.1, 0.15) is 11.9 Å². The van der Waals surface area contributed by atoms with Crippen molar-refractivity contribution in [3.8, 4) is 0 Å². The van der Waals surface area contributed by atoms with Gasteiger partial charge in [0.15, 0.2) is 0 Å². The monoisotopic (exact) mass is 610 g/mol. The summed E-state index contributed by atoms with van der Waals surface area (Å²) in [6, 6.07) is 6.56. The van der Waals surface area contributed by atoms with Crippen LogP contribution in [0.4, 0.5) is 30.7 Å². The van der Waals surface area contributed by atoms with Gasteiger partial charge in [-0.1, -0.05) is 49.6 Å². The number of rotatable bonds is 9. The van der Waals surface area contributed by atoms with Gasteiger partial charge in [0, 0.05) is 30.8 Å². The molecule has 0 aliphatic heterocycles. The lowest BCUT2D eigenvalue weighted by Gasteiger charge is -2.23. The first-order valence-corrected chi connectivity index (χ1v) is 12.5. The molecule has 0 unspecified atom stereocenters. The van der Waals surface area contributed by atoms with Gasteiger partial charge in [0.05, 0.1) is 22.2 Å². The van der Waals surface area contributed by atoms with Crippen molar-refractivity contribution in [1.29, 1.82) is 0 Å². The molecule has 0 spiro atoms. The summed E-state index contributed by atoms with van der Waals surface area (Å²) in [5.74, 6) is -4.00. The first-order chi connectivity index (χ1) is 19.9. The largest absolute Gasteiger partial charge is 0.480 e. The molecule has 1 heterocycles. The number of pyridine rings is 1. The number of amides is 1. The Morgan fingerprint density at radius 2 is 1.70 bits per heavy atom. The van der Waals surface area contributed by atoms with E-state index in [1.165, 1.54) is 44.3 Å². The Morgan fingerprint density at radius 1 is 1.07 bits per heavy atom. The summed E-state index contributed by atoms with van der Waals surface area (Å²) in [7, 11) is 1.17. The van der Waals surface area contributed by atoms with E-state index in [-0.39, 0.29) is 11.1 Å². The highest BCUT2D eigenvalue weighted by Gasteiger charge is 2.41. The predicted molar refractivity (Wildman–Crippen MR) is 145 cm³/mol. The lowest BCUT2D eigenvalue weighted by atomic mass is 9.89. The molecule has 2 N–H and O–H groups in total. The fourth-order valence-electron chi connectivity index (χ4n) is 4.81. The van der Waals surface area contributed by atoms with E-state index in [1.807, 2.05) is 5.32 Å². The molecule has 0 bridgehead atoms. The van der Waals surface area contributed by atoms with E-state index >= 15 is 0 Å². The summed E-state index contributed by atoms with van der Waals surface area (Å²) in [4.78, 5) is 37.6. The van der Waals surface area contributed by atoms with Gasteiger partial charge in [-0.15, -0.1) is 0 Å². The molecule has 6 nitrogen and oxygen atoms in total. The molecule has 0 radical (unpaired) electrons. The Morgan fingerprint density at radius 3 is 2.23 bits per heavy atom. The number of nitrogens with zero attached hydrogens (tertiary/aromatic N) is 1. The van der Waals surface area contributed by atoms with E-state index in [2.05, 4.69) is 13.2 Å². The summed E-state index contributed by atoms with van der Waals surface area (Å²) in [6.45, 7) is 7.96. The van der Waals surface area contributed by atoms with Crippen LogP contribution in [0.25, 0.3) is 10.9 Å². The minimum absolute atomic E-state index is 0.0988. The molecule has 3 aromatic rings. The molecular weight excluding hydrogens is 585 g/mol. The van der Waals surface area contributed by atoms with Gasteiger partial charge in [0.25, 0.3) is 11.5 Å². The Labute approximate surface area is 240 Å². The molecule has 1 atom stereocenters. The molecule has 2 aromatic carbocycles. The van der Waals surface area contributed by atoms with Crippen LogP contribution in [0.1, 0.15) is 33.5 Å². The fourth-order valence-corrected chi connectivity index (χ4v) is 4.81. The number of aryl methyl sites for hydroxylation is 2. The van der Waals surface area contributed by atoms with E-state index < -0.39 is 93.3 Å². The van der Waals surface area contributed by atoms with E-state index in [9.17, 15) is 50.2 Å². The maximum Gasteiger partial charge on any atom is 0.417 e. The number of para-hydroxylation sites is 1. The highest BCUT2D eigenvalue weighted by molar-refractivity contribution is 5.98. The number of halogens is 7. The van der Waals surface area contributed by atoms with E-state index in [4.69, 9.17) is 0 Å². The molecule has 13 heteroatoms. The molecular formula is C30H25F7N2O4. The van der Waals surface area contributed by atoms with Crippen LogP contribution in [-0.2, 0) is 24.4 Å². The van der Waals surface area contributed by atoms with E-state index in [1.54, 1.807) is 0 Å². The molecule has 228 valence electrons. The molecule has 0 aliphatic carbocycles. The molecule has 0 saturated carbocycles. The number of carboxylic acid groups (broad SMARTS) is 1. The van der Waals surface area contributed by atoms with Gasteiger partial charge in [-0.3, -0.25) is 9.59 Å². The number of nitrogens with one attached hydrogen (secondary N) is 1. The number of aromatic nitrogens is 1. The van der Waals surface area contributed by atoms with Gasteiger partial charge in [0.2, 0.25) is 0 Å². The summed E-state index contributed by atoms with van der Waals surface area (Å²) < 4.78 is 101. The van der Waals surface area contributed by atoms with Crippen molar-refractivity contribution in [2.45, 2.75) is 38.2 Å². The van der Waals surface area contributed by atoms with Crippen LogP contribution in [-0.4, -0.2) is 33.8 Å². The van der Waals surface area contributed by atoms with Crippen LogP contribution in [0.3, 0.4) is 0 Å². The molecule has 3 rings (SSSR count). The maximum absolute atomic E-state index is 14.4. The van der Waals surface area contributed by atoms with Crippen LogP contribution in [0.15, 0.2) is 83.2 Å². The third-order valence-corrected chi connectivity index (χ3v) is 6.76. The number of alkyl halides is 6. The average Bonchev–Trinajstić information content (AvgIpc) is 2.89. The highest BCUT2D eigenvalue weighted by Crippen LogP contribution is 2.40. The Bertz CT molecular complexity index is 1700. The van der Waals surface area contributed by atoms with Crippen LogP contribution >= 0.6 is 0 Å². The molecule has 0 aliphatic rings. The summed E-state index contributed by atoms with van der Waals surface area (Å²) in [6.07, 6.45) is -12.1. The third kappa shape index (κ3) is 6.87. The van der Waals surface area contributed by atoms with Crippen molar-refractivity contribution in [2.75, 3.05) is 0 Å². The van der Waals surface area contributed by atoms with Crippen LogP contribution in [0.5, 0.6) is 0 Å². The first kappa shape index (κ1) is 32.8. The number of benzene rings is 2. The average molecular weight is 611 g/mol. The number of aliphatic carboxylic acids is 1. The Kier molecular flexibility index (Phi) is 9.37. The van der Waals surface area contributed by atoms with Crippen LogP contribution in [0.2, 0.25) is 0 Å². The topological polar surface area (TPSA) is 88.4 Å². The van der Waals surface area contributed by atoms with Crippen molar-refractivity contribution in [1.82, 2.24) is 9.88 Å². The van der Waals surface area contributed by atoms with Crippen LogP contribution < -0.4 is 10.9 Å². The van der Waals surface area contributed by atoms with Crippen molar-refractivity contribution in [3.05, 3.63) is 117 Å². The smallest absolute Gasteiger partial charge is 0.417 e. The maximum atomic E-state index is 14.4. The first-order valence-electron chi connectivity index (χ1n) is 12.5. The zero-order chi connectivity index (χ0) is 32.4. The van der Waals surface area contributed by atoms with Crippen molar-refractivity contribution < 1.29 is 45.4 Å². The van der Waals surface area contributed by atoms with E-state index in [0.29, 0.717) is 6.08 Å². The number of carbonyl (C=O) groups excluding carboxylic acids is 1. The zero-order valence-corrected chi connectivity index (χ0v) is 22.8. The number of carbonyl (C=O) groups is 2. The number of hydrogen-bond acceptors (Lipinski definition) is 3. The number of carboxylic acids is 1. The van der Waals surface area contributed by atoms with Crippen LogP contribution in [0, 0.1) is 12.7 Å². The molecule has 0 fully saturated rings. The second-order valence-electron chi connectivity index (χ2n) is 9.62. The Balaban J connectivity index is 2.13. The van der Waals surface area contributed by atoms with Gasteiger partial charge in [-0.25, -0.2) is 9.18 Å². The lowest BCUT2D eigenvalue weighted by molar-refractivity contribution is -0.139. The highest BCUT2D eigenvalue weighted by atomic mass is 19.4. The molecule has 0 saturated heterocycles. The summed E-state index contributed by atoms with van der Waals surface area (Å²) in [5, 5.41) is 11.2. The molecule has 43 heavy (non-hydrogen) atoms. The minimum Gasteiger partial charge on any atom is -0.480 e. The SMILES string of the molecule is C=C/C(Cc1c(C(F)(F)F)c2ccccc2n(C)c1=O)=C(\C(=C)C[C@H](NC(=O)c1c(C)cccc1F)C(=O)O)C(F)(F)F. The van der Waals surface area contributed by atoms with Gasteiger partial charge >= 0.3 is 18.3 Å². The summed E-state index contributed by atoms with van der Waals surface area (Å²) >= 11 is 0.